The number of fused-ring (bicyclic) bond motifs is 2. The van der Waals surface area contributed by atoms with Gasteiger partial charge in [-0.3, -0.25) is 14.2 Å². The molecule has 0 amide bonds. The molecular formula is C20H11NO10S2-2. The molecule has 3 aromatic carbocycles. The molecule has 0 fully saturated rings. The Morgan fingerprint density at radius 1 is 0.818 bits per heavy atom. The van der Waals surface area contributed by atoms with Crippen molar-refractivity contribution < 1.29 is 35.5 Å². The molecule has 1 N–H and O–H groups in total. The van der Waals surface area contributed by atoms with E-state index in [-0.39, 0.29) is 44.4 Å². The summed E-state index contributed by atoms with van der Waals surface area (Å²) in [6.07, 6.45) is 0. The Morgan fingerprint density at radius 2 is 1.42 bits per heavy atom. The van der Waals surface area contributed by atoms with Gasteiger partial charge in [-0.1, -0.05) is 6.07 Å². The third-order valence-corrected chi connectivity index (χ3v) is 7.14. The fourth-order valence-electron chi connectivity index (χ4n) is 4.14. The number of aromatic nitrogens is 1. The van der Waals surface area contributed by atoms with Crippen LogP contribution in [0.25, 0.3) is 43.5 Å². The molecule has 170 valence electrons. The fourth-order valence-corrected chi connectivity index (χ4v) is 5.39. The quantitative estimate of drug-likeness (QED) is 0.213. The van der Waals surface area contributed by atoms with Gasteiger partial charge in [0.1, 0.15) is 25.8 Å². The molecule has 13 heteroatoms. The summed E-state index contributed by atoms with van der Waals surface area (Å²) in [7, 11) is -10.4. The minimum absolute atomic E-state index is 0.0249. The first-order valence-electron chi connectivity index (χ1n) is 9.28. The molecular weight excluding hydrogens is 478 g/mol. The van der Waals surface area contributed by atoms with Crippen molar-refractivity contribution in [1.82, 2.24) is 4.57 Å². The lowest BCUT2D eigenvalue weighted by Gasteiger charge is -2.17. The van der Waals surface area contributed by atoms with Crippen LogP contribution in [0.1, 0.15) is 0 Å². The van der Waals surface area contributed by atoms with E-state index in [1.165, 1.54) is 24.3 Å². The second kappa shape index (κ2) is 6.82. The van der Waals surface area contributed by atoms with Crippen molar-refractivity contribution >= 4 is 63.7 Å². The summed E-state index contributed by atoms with van der Waals surface area (Å²) in [4.78, 5) is 23.7. The predicted molar refractivity (Wildman–Crippen MR) is 113 cm³/mol. The Bertz CT molecular complexity index is 1940. The minimum atomic E-state index is -5.26. The van der Waals surface area contributed by atoms with Gasteiger partial charge in [-0.25, -0.2) is 16.8 Å². The number of nitrogens with zero attached hydrogens (tertiary/aromatic N) is 1. The van der Waals surface area contributed by atoms with Crippen LogP contribution in [0.4, 0.5) is 0 Å². The Morgan fingerprint density at radius 3 is 2.00 bits per heavy atom. The summed E-state index contributed by atoms with van der Waals surface area (Å²) in [5, 5.41) is 9.80. The van der Waals surface area contributed by atoms with Crippen LogP contribution in [-0.4, -0.2) is 42.2 Å². The van der Waals surface area contributed by atoms with Crippen LogP contribution in [0.15, 0.2) is 60.2 Å². The molecule has 0 radical (unpaired) electrons. The van der Waals surface area contributed by atoms with Gasteiger partial charge < -0.3 is 18.6 Å². The van der Waals surface area contributed by atoms with Gasteiger partial charge in [-0.05, 0) is 35.7 Å². The summed E-state index contributed by atoms with van der Waals surface area (Å²) in [5.74, 6) is 0. The molecule has 0 bridgehead atoms. The number of aliphatic hydroxyl groups excluding tert-OH is 1. The lowest BCUT2D eigenvalue weighted by Crippen LogP contribution is -2.34. The summed E-state index contributed by atoms with van der Waals surface area (Å²) >= 11 is 0. The van der Waals surface area contributed by atoms with Crippen molar-refractivity contribution in [2.24, 2.45) is 0 Å². The highest BCUT2D eigenvalue weighted by Crippen LogP contribution is 2.39. The zero-order valence-corrected chi connectivity index (χ0v) is 17.9. The van der Waals surface area contributed by atoms with Gasteiger partial charge in [0.25, 0.3) is 11.1 Å². The van der Waals surface area contributed by atoms with Crippen molar-refractivity contribution in [2.75, 3.05) is 6.61 Å². The normalized spacial score (nSPS) is 13.1. The molecule has 11 nitrogen and oxygen atoms in total. The van der Waals surface area contributed by atoms with Gasteiger partial charge in [-0.15, -0.1) is 0 Å². The zero-order chi connectivity index (χ0) is 23.9. The number of pyridine rings is 1. The number of hydrogen-bond acceptors (Lipinski definition) is 10. The van der Waals surface area contributed by atoms with E-state index < -0.39 is 53.3 Å². The van der Waals surface area contributed by atoms with Crippen molar-refractivity contribution in [3.8, 4) is 0 Å². The van der Waals surface area contributed by atoms with E-state index in [2.05, 4.69) is 0 Å². The summed E-state index contributed by atoms with van der Waals surface area (Å²) in [5.41, 5.74) is -1.79. The first kappa shape index (κ1) is 21.5. The summed E-state index contributed by atoms with van der Waals surface area (Å²) in [6.45, 7) is -0.668. The van der Waals surface area contributed by atoms with Crippen LogP contribution in [0.2, 0.25) is 0 Å². The lowest BCUT2D eigenvalue weighted by atomic mass is 9.96. The van der Waals surface area contributed by atoms with E-state index in [9.17, 15) is 40.6 Å². The van der Waals surface area contributed by atoms with E-state index in [0.29, 0.717) is 6.07 Å². The lowest BCUT2D eigenvalue weighted by molar-refractivity contribution is 0.273. The number of benzene rings is 3. The highest BCUT2D eigenvalue weighted by molar-refractivity contribution is 7.86. The van der Waals surface area contributed by atoms with E-state index in [4.69, 9.17) is 4.42 Å². The predicted octanol–water partition coefficient (Wildman–Crippen LogP) is 0.653. The topological polar surface area (TPSA) is 187 Å². The Balaban J connectivity index is 2.10. The average Bonchev–Trinajstić information content (AvgIpc) is 2.74. The van der Waals surface area contributed by atoms with Crippen LogP contribution >= 0.6 is 0 Å². The minimum Gasteiger partial charge on any atom is -0.744 e. The van der Waals surface area contributed by atoms with Crippen LogP contribution in [-0.2, 0) is 26.8 Å². The van der Waals surface area contributed by atoms with Crippen molar-refractivity contribution in [2.45, 2.75) is 16.3 Å². The van der Waals surface area contributed by atoms with Gasteiger partial charge in [0.05, 0.1) is 22.9 Å². The molecule has 0 aliphatic carbocycles. The highest BCUT2D eigenvalue weighted by Gasteiger charge is 2.22. The SMILES string of the molecule is O=c1c2ccc3oc4c(S(=O)(=O)[O-])cc(S(=O)(=O)[O-])cc4c4ccc(c(=O)n1CCO)c2c34. The molecule has 0 aliphatic rings. The van der Waals surface area contributed by atoms with E-state index in [1.54, 1.807) is 0 Å². The largest absolute Gasteiger partial charge is 0.744 e. The number of aliphatic hydroxyl groups is 1. The molecule has 33 heavy (non-hydrogen) atoms. The summed E-state index contributed by atoms with van der Waals surface area (Å²) in [6, 6.07) is 6.75. The van der Waals surface area contributed by atoms with E-state index >= 15 is 0 Å². The molecule has 5 rings (SSSR count). The number of hydrogen-bond donors (Lipinski definition) is 1. The second-order valence-corrected chi connectivity index (χ2v) is 10.0. The molecule has 0 spiro atoms. The van der Waals surface area contributed by atoms with Crippen molar-refractivity contribution in [1.29, 1.82) is 0 Å². The van der Waals surface area contributed by atoms with Gasteiger partial charge in [-0.2, -0.15) is 0 Å². The van der Waals surface area contributed by atoms with Crippen molar-refractivity contribution in [3.05, 3.63) is 57.1 Å². The number of rotatable bonds is 4. The van der Waals surface area contributed by atoms with Gasteiger partial charge in [0.2, 0.25) is 0 Å². The zero-order valence-electron chi connectivity index (χ0n) is 16.3. The van der Waals surface area contributed by atoms with Crippen LogP contribution < -0.4 is 11.1 Å². The van der Waals surface area contributed by atoms with Gasteiger partial charge in [0.15, 0.2) is 5.58 Å². The maximum absolute atomic E-state index is 12.9. The monoisotopic (exact) mass is 489 g/mol. The second-order valence-electron chi connectivity index (χ2n) is 7.32. The van der Waals surface area contributed by atoms with E-state index in [1.807, 2.05) is 0 Å². The van der Waals surface area contributed by atoms with Gasteiger partial charge in [0, 0.05) is 26.9 Å². The molecule has 2 aromatic heterocycles. The average molecular weight is 489 g/mol. The van der Waals surface area contributed by atoms with E-state index in [0.717, 1.165) is 10.6 Å². The molecule has 0 saturated heterocycles. The first-order valence-corrected chi connectivity index (χ1v) is 12.1. The molecule has 5 aromatic rings. The van der Waals surface area contributed by atoms with Crippen LogP contribution in [0, 0.1) is 0 Å². The highest BCUT2D eigenvalue weighted by atomic mass is 32.2. The summed E-state index contributed by atoms with van der Waals surface area (Å²) < 4.78 is 76.9. The maximum atomic E-state index is 12.9. The standard InChI is InChI=1S/C20H13NO10S2/c22-6-5-21-19(23)11-2-1-10-13-7-9(32(25,26)27)8-15(33(28,29)30)18(13)31-14-4-3-12(20(21)24)16(11)17(10)14/h1-4,7-8,22H,5-6H2,(H,25,26,27)(H,28,29,30)/p-2. The molecule has 0 aliphatic heterocycles. The third kappa shape index (κ3) is 3.05. The molecule has 0 saturated carbocycles. The molecule has 0 atom stereocenters. The Kier molecular flexibility index (Phi) is 4.44. The fraction of sp³-hybridized carbons (Fsp3) is 0.100. The van der Waals surface area contributed by atoms with Crippen molar-refractivity contribution in [3.63, 3.8) is 0 Å². The molecule has 0 unspecified atom stereocenters. The Labute approximate surface area is 183 Å². The van der Waals surface area contributed by atoms with Crippen LogP contribution in [0.3, 0.4) is 0 Å². The maximum Gasteiger partial charge on any atom is 0.261 e. The third-order valence-electron chi connectivity index (χ3n) is 5.49. The van der Waals surface area contributed by atoms with Gasteiger partial charge >= 0.3 is 0 Å². The van der Waals surface area contributed by atoms with Crippen LogP contribution in [0.5, 0.6) is 0 Å². The molecule has 2 heterocycles. The first-order chi connectivity index (χ1) is 15.4. The Hall–Kier alpha value is -3.36. The smallest absolute Gasteiger partial charge is 0.261 e.